The van der Waals surface area contributed by atoms with Crippen LogP contribution in [-0.4, -0.2) is 56.3 Å². The first-order valence-corrected chi connectivity index (χ1v) is 9.55. The van der Waals surface area contributed by atoms with Crippen molar-refractivity contribution in [3.05, 3.63) is 59.7 Å². The number of nitrogens with zero attached hydrogens (tertiary/aromatic N) is 1. The molecule has 9 nitrogen and oxygen atoms in total. The molecule has 2 amide bonds. The van der Waals surface area contributed by atoms with Crippen LogP contribution in [-0.2, 0) is 32.2 Å². The van der Waals surface area contributed by atoms with E-state index in [1.807, 2.05) is 30.3 Å². The molecule has 0 radical (unpaired) electrons. The maximum absolute atomic E-state index is 12.7. The molecule has 0 aromatic heterocycles. The second-order valence-electron chi connectivity index (χ2n) is 6.80. The van der Waals surface area contributed by atoms with Crippen LogP contribution in [0.15, 0.2) is 48.5 Å². The monoisotopic (exact) mass is 428 g/mol. The van der Waals surface area contributed by atoms with Crippen molar-refractivity contribution in [2.75, 3.05) is 21.3 Å². The van der Waals surface area contributed by atoms with Crippen molar-refractivity contribution in [3.8, 4) is 11.5 Å². The fourth-order valence-corrected chi connectivity index (χ4v) is 3.31. The lowest BCUT2D eigenvalue weighted by molar-refractivity contribution is -0.169. The van der Waals surface area contributed by atoms with Crippen molar-refractivity contribution in [2.45, 2.75) is 25.2 Å². The molecule has 2 aromatic carbocycles. The molecular formula is C22H24N2O7. The fourth-order valence-electron chi connectivity index (χ4n) is 3.31. The van der Waals surface area contributed by atoms with Crippen LogP contribution in [0.5, 0.6) is 11.5 Å². The predicted molar refractivity (Wildman–Crippen MR) is 109 cm³/mol. The summed E-state index contributed by atoms with van der Waals surface area (Å²) in [6, 6.07) is 12.2. The van der Waals surface area contributed by atoms with E-state index >= 15 is 0 Å². The fraction of sp³-hybridized carbons (Fsp3) is 0.318. The van der Waals surface area contributed by atoms with E-state index in [-0.39, 0.29) is 13.2 Å². The number of alkyl carbamates (subject to hydrolysis) is 1. The smallest absolute Gasteiger partial charge is 0.408 e. The molecule has 1 aliphatic heterocycles. The van der Waals surface area contributed by atoms with Crippen LogP contribution in [0.1, 0.15) is 11.1 Å². The summed E-state index contributed by atoms with van der Waals surface area (Å²) in [5.74, 6) is 0.0422. The molecule has 1 saturated heterocycles. The highest BCUT2D eigenvalue weighted by atomic mass is 16.5. The first kappa shape index (κ1) is 21.9. The number of hydrogen-bond donors (Lipinski definition) is 1. The number of likely N-dealkylation sites (tertiary alicyclic amines) is 1. The molecule has 1 fully saturated rings. The number of rotatable bonds is 8. The average molecular weight is 428 g/mol. The van der Waals surface area contributed by atoms with Gasteiger partial charge in [0, 0.05) is 11.6 Å². The minimum absolute atomic E-state index is 0.0449. The van der Waals surface area contributed by atoms with Gasteiger partial charge in [-0.05, 0) is 17.7 Å². The average Bonchev–Trinajstić information content (AvgIpc) is 2.81. The maximum Gasteiger partial charge on any atom is 0.408 e. The lowest BCUT2D eigenvalue weighted by atomic mass is 9.94. The topological polar surface area (TPSA) is 103 Å². The summed E-state index contributed by atoms with van der Waals surface area (Å²) in [6.07, 6.45) is -0.794. The van der Waals surface area contributed by atoms with Gasteiger partial charge >= 0.3 is 12.1 Å². The van der Waals surface area contributed by atoms with Gasteiger partial charge in [-0.25, -0.2) is 9.59 Å². The molecule has 0 bridgehead atoms. The van der Waals surface area contributed by atoms with Crippen LogP contribution in [0.3, 0.4) is 0 Å². The zero-order valence-electron chi connectivity index (χ0n) is 17.5. The standard InChI is InChI=1S/C22H24N2O7/c1-28-16-10-9-15(17(11-16)29-2)12-24-19(21(26)30-3)18(20(24)25)23-22(27)31-13-14-7-5-4-6-8-14/h4-11,18-19H,12-13H2,1-3H3,(H,23,27). The second kappa shape index (κ2) is 9.84. The Bertz CT molecular complexity index is 948. The number of β-lactam (4-membered cyclic amide) rings is 1. The van der Waals surface area contributed by atoms with Gasteiger partial charge in [0.05, 0.1) is 27.9 Å². The predicted octanol–water partition coefficient (Wildman–Crippen LogP) is 1.88. The highest BCUT2D eigenvalue weighted by Gasteiger charge is 2.53. The Kier molecular flexibility index (Phi) is 6.96. The van der Waals surface area contributed by atoms with Crippen molar-refractivity contribution in [1.29, 1.82) is 0 Å². The van der Waals surface area contributed by atoms with Gasteiger partial charge in [-0.3, -0.25) is 4.79 Å². The molecule has 164 valence electrons. The maximum atomic E-state index is 12.7. The van der Waals surface area contributed by atoms with Gasteiger partial charge in [0.15, 0.2) is 6.04 Å². The molecular weight excluding hydrogens is 404 g/mol. The lowest BCUT2D eigenvalue weighted by Crippen LogP contribution is -2.73. The molecule has 2 atom stereocenters. The third-order valence-electron chi connectivity index (χ3n) is 4.96. The number of amides is 2. The number of carbonyl (C=O) groups is 3. The highest BCUT2D eigenvalue weighted by Crippen LogP contribution is 2.30. The van der Waals surface area contributed by atoms with E-state index in [0.29, 0.717) is 17.1 Å². The van der Waals surface area contributed by atoms with Crippen LogP contribution >= 0.6 is 0 Å². The van der Waals surface area contributed by atoms with E-state index in [9.17, 15) is 14.4 Å². The van der Waals surface area contributed by atoms with Crippen molar-refractivity contribution < 1.29 is 33.3 Å². The Hall–Kier alpha value is -3.75. The number of esters is 1. The summed E-state index contributed by atoms with van der Waals surface area (Å²) >= 11 is 0. The van der Waals surface area contributed by atoms with Crippen LogP contribution in [0.4, 0.5) is 4.79 Å². The van der Waals surface area contributed by atoms with Gasteiger partial charge in [-0.2, -0.15) is 0 Å². The van der Waals surface area contributed by atoms with Crippen molar-refractivity contribution >= 4 is 18.0 Å². The SMILES string of the molecule is COC(=O)C1C(NC(=O)OCc2ccccc2)C(=O)N1Cc1ccc(OC)cc1OC. The Morgan fingerprint density at radius 1 is 1.03 bits per heavy atom. The summed E-state index contributed by atoms with van der Waals surface area (Å²) in [7, 11) is 4.26. The number of carbonyl (C=O) groups excluding carboxylic acids is 3. The summed E-state index contributed by atoms with van der Waals surface area (Å²) in [5.41, 5.74) is 1.48. The van der Waals surface area contributed by atoms with E-state index in [1.54, 1.807) is 18.2 Å². The molecule has 0 spiro atoms. The van der Waals surface area contributed by atoms with Crippen molar-refractivity contribution in [1.82, 2.24) is 10.2 Å². The molecule has 1 heterocycles. The van der Waals surface area contributed by atoms with E-state index in [1.165, 1.54) is 26.2 Å². The zero-order valence-corrected chi connectivity index (χ0v) is 17.5. The largest absolute Gasteiger partial charge is 0.497 e. The third kappa shape index (κ3) is 4.88. The zero-order chi connectivity index (χ0) is 22.4. The van der Waals surface area contributed by atoms with E-state index in [2.05, 4.69) is 5.32 Å². The first-order chi connectivity index (χ1) is 15.0. The van der Waals surface area contributed by atoms with Crippen molar-refractivity contribution in [3.63, 3.8) is 0 Å². The number of benzene rings is 2. The summed E-state index contributed by atoms with van der Waals surface area (Å²) in [5, 5.41) is 2.46. The molecule has 2 aromatic rings. The summed E-state index contributed by atoms with van der Waals surface area (Å²) in [6.45, 7) is 0.145. The number of methoxy groups -OCH3 is 3. The molecule has 1 aliphatic rings. The molecule has 31 heavy (non-hydrogen) atoms. The number of ether oxygens (including phenoxy) is 4. The van der Waals surface area contributed by atoms with Gasteiger partial charge in [-0.15, -0.1) is 0 Å². The van der Waals surface area contributed by atoms with Crippen LogP contribution in [0.2, 0.25) is 0 Å². The van der Waals surface area contributed by atoms with Gasteiger partial charge in [0.2, 0.25) is 5.91 Å². The number of hydrogen-bond acceptors (Lipinski definition) is 7. The molecule has 9 heteroatoms. The van der Waals surface area contributed by atoms with Gasteiger partial charge in [-0.1, -0.05) is 30.3 Å². The highest BCUT2D eigenvalue weighted by molar-refractivity contribution is 6.01. The Balaban J connectivity index is 1.67. The first-order valence-electron chi connectivity index (χ1n) is 9.55. The van der Waals surface area contributed by atoms with E-state index in [0.717, 1.165) is 5.56 Å². The third-order valence-corrected chi connectivity index (χ3v) is 4.96. The van der Waals surface area contributed by atoms with E-state index < -0.39 is 30.1 Å². The second-order valence-corrected chi connectivity index (χ2v) is 6.80. The molecule has 3 rings (SSSR count). The van der Waals surface area contributed by atoms with Crippen LogP contribution in [0.25, 0.3) is 0 Å². The molecule has 1 N–H and O–H groups in total. The lowest BCUT2D eigenvalue weighted by Gasteiger charge is -2.45. The minimum Gasteiger partial charge on any atom is -0.497 e. The normalized spacial score (nSPS) is 17.4. The summed E-state index contributed by atoms with van der Waals surface area (Å²) < 4.78 is 20.5. The summed E-state index contributed by atoms with van der Waals surface area (Å²) in [4.78, 5) is 38.5. The quantitative estimate of drug-likeness (QED) is 0.506. The molecule has 2 unspecified atom stereocenters. The van der Waals surface area contributed by atoms with Gasteiger partial charge in [0.1, 0.15) is 24.1 Å². The van der Waals surface area contributed by atoms with Crippen molar-refractivity contribution in [2.24, 2.45) is 0 Å². The molecule has 0 saturated carbocycles. The minimum atomic E-state index is -1.07. The van der Waals surface area contributed by atoms with E-state index in [4.69, 9.17) is 18.9 Å². The van der Waals surface area contributed by atoms with Crippen LogP contribution in [0, 0.1) is 0 Å². The Morgan fingerprint density at radius 2 is 1.77 bits per heavy atom. The van der Waals surface area contributed by atoms with Gasteiger partial charge in [0.25, 0.3) is 0 Å². The Morgan fingerprint density at radius 3 is 2.42 bits per heavy atom. The number of nitrogens with one attached hydrogen (secondary N) is 1. The molecule has 0 aliphatic carbocycles. The van der Waals surface area contributed by atoms with Crippen LogP contribution < -0.4 is 14.8 Å². The van der Waals surface area contributed by atoms with Gasteiger partial charge < -0.3 is 29.2 Å². The Labute approximate surface area is 179 Å².